The number of rotatable bonds is 8. The summed E-state index contributed by atoms with van der Waals surface area (Å²) in [7, 11) is 0. The van der Waals surface area contributed by atoms with Crippen LogP contribution in [0.15, 0.2) is 97.2 Å². The monoisotopic (exact) mass is 506 g/mol. The van der Waals surface area contributed by atoms with Crippen LogP contribution in [0, 0.1) is 0 Å². The minimum absolute atomic E-state index is 0.151. The van der Waals surface area contributed by atoms with Gasteiger partial charge in [-0.15, -0.1) is 5.10 Å². The van der Waals surface area contributed by atoms with Gasteiger partial charge in [0.1, 0.15) is 5.60 Å². The molecule has 0 amide bonds. The SMILES string of the molecule is CC(C)(C)OC(=O)C[C@@H](Cc1ccccc1)N(c1ccccc1)c1ncc2nnn(-c3ccccc3)c2n1. The number of ether oxygens (including phenoxy) is 1. The molecule has 0 fully saturated rings. The number of benzene rings is 3. The van der Waals surface area contributed by atoms with E-state index in [-0.39, 0.29) is 18.4 Å². The van der Waals surface area contributed by atoms with Crippen LogP contribution in [0.4, 0.5) is 11.6 Å². The van der Waals surface area contributed by atoms with E-state index in [1.165, 1.54) is 0 Å². The Morgan fingerprint density at radius 3 is 2.21 bits per heavy atom. The number of esters is 1. The molecule has 1 atom stereocenters. The highest BCUT2D eigenvalue weighted by Crippen LogP contribution is 2.30. The summed E-state index contributed by atoms with van der Waals surface area (Å²) in [5.41, 5.74) is 3.39. The van der Waals surface area contributed by atoms with Crippen molar-refractivity contribution >= 4 is 28.8 Å². The summed E-state index contributed by atoms with van der Waals surface area (Å²) < 4.78 is 7.43. The average molecular weight is 507 g/mol. The van der Waals surface area contributed by atoms with Crippen LogP contribution in [0.5, 0.6) is 0 Å². The highest BCUT2D eigenvalue weighted by atomic mass is 16.6. The third-order valence-corrected chi connectivity index (χ3v) is 5.93. The van der Waals surface area contributed by atoms with Crippen LogP contribution in [-0.2, 0) is 16.0 Å². The lowest BCUT2D eigenvalue weighted by molar-refractivity contribution is -0.155. The fourth-order valence-electron chi connectivity index (χ4n) is 4.37. The molecule has 8 nitrogen and oxygen atoms in total. The number of hydrogen-bond acceptors (Lipinski definition) is 7. The third-order valence-electron chi connectivity index (χ3n) is 5.93. The first-order chi connectivity index (χ1) is 18.4. The maximum Gasteiger partial charge on any atom is 0.308 e. The van der Waals surface area contributed by atoms with Crippen molar-refractivity contribution in [2.75, 3.05) is 4.90 Å². The fourth-order valence-corrected chi connectivity index (χ4v) is 4.37. The molecule has 0 aliphatic rings. The molecule has 5 rings (SSSR count). The number of para-hydroxylation sites is 2. The quantitative estimate of drug-likeness (QED) is 0.250. The molecule has 0 saturated heterocycles. The Bertz CT molecular complexity index is 1500. The molecule has 0 aliphatic carbocycles. The Morgan fingerprint density at radius 1 is 0.921 bits per heavy atom. The predicted octanol–water partition coefficient (Wildman–Crippen LogP) is 5.69. The van der Waals surface area contributed by atoms with Crippen molar-refractivity contribution < 1.29 is 9.53 Å². The van der Waals surface area contributed by atoms with Crippen LogP contribution in [-0.4, -0.2) is 42.6 Å². The van der Waals surface area contributed by atoms with Crippen molar-refractivity contribution in [2.45, 2.75) is 45.3 Å². The van der Waals surface area contributed by atoms with E-state index in [0.717, 1.165) is 16.9 Å². The van der Waals surface area contributed by atoms with Gasteiger partial charge >= 0.3 is 5.97 Å². The van der Waals surface area contributed by atoms with Crippen molar-refractivity contribution in [3.63, 3.8) is 0 Å². The van der Waals surface area contributed by atoms with E-state index in [4.69, 9.17) is 9.72 Å². The van der Waals surface area contributed by atoms with Crippen molar-refractivity contribution in [1.29, 1.82) is 0 Å². The molecule has 8 heteroatoms. The van der Waals surface area contributed by atoms with Gasteiger partial charge in [-0.05, 0) is 57.0 Å². The first-order valence-electron chi connectivity index (χ1n) is 12.6. The predicted molar refractivity (Wildman–Crippen MR) is 147 cm³/mol. The lowest BCUT2D eigenvalue weighted by Crippen LogP contribution is -2.38. The van der Waals surface area contributed by atoms with Crippen molar-refractivity contribution in [2.24, 2.45) is 0 Å². The molecular weight excluding hydrogens is 476 g/mol. The summed E-state index contributed by atoms with van der Waals surface area (Å²) in [6.45, 7) is 5.63. The van der Waals surface area contributed by atoms with Crippen LogP contribution in [0.3, 0.4) is 0 Å². The number of aromatic nitrogens is 5. The molecule has 0 bridgehead atoms. The summed E-state index contributed by atoms with van der Waals surface area (Å²) in [6.07, 6.45) is 2.42. The number of fused-ring (bicyclic) bond motifs is 1. The van der Waals surface area contributed by atoms with E-state index >= 15 is 0 Å². The topological polar surface area (TPSA) is 86.0 Å². The van der Waals surface area contributed by atoms with Gasteiger partial charge in [-0.3, -0.25) is 4.79 Å². The molecule has 0 saturated carbocycles. The lowest BCUT2D eigenvalue weighted by Gasteiger charge is -2.32. The van der Waals surface area contributed by atoms with Crippen LogP contribution < -0.4 is 4.90 Å². The second kappa shape index (κ2) is 10.8. The first-order valence-corrected chi connectivity index (χ1v) is 12.6. The van der Waals surface area contributed by atoms with Crippen LogP contribution in [0.1, 0.15) is 32.8 Å². The summed E-state index contributed by atoms with van der Waals surface area (Å²) in [5.74, 6) is 0.170. The molecular formula is C30H30N6O2. The molecule has 0 unspecified atom stereocenters. The van der Waals surface area contributed by atoms with E-state index < -0.39 is 5.60 Å². The number of hydrogen-bond donors (Lipinski definition) is 0. The van der Waals surface area contributed by atoms with Gasteiger partial charge in [0.05, 0.1) is 24.3 Å². The summed E-state index contributed by atoms with van der Waals surface area (Å²) in [4.78, 5) is 24.8. The second-order valence-corrected chi connectivity index (χ2v) is 10.1. The largest absolute Gasteiger partial charge is 0.460 e. The fraction of sp³-hybridized carbons (Fsp3) is 0.233. The first kappa shape index (κ1) is 25.1. The van der Waals surface area contributed by atoms with Crippen LogP contribution >= 0.6 is 0 Å². The van der Waals surface area contributed by atoms with Gasteiger partial charge in [-0.2, -0.15) is 9.67 Å². The molecule has 0 spiro atoms. The van der Waals surface area contributed by atoms with Crippen molar-refractivity contribution in [3.8, 4) is 5.69 Å². The van der Waals surface area contributed by atoms with Gasteiger partial charge in [-0.25, -0.2) is 4.98 Å². The zero-order chi connectivity index (χ0) is 26.5. The Morgan fingerprint density at radius 2 is 1.55 bits per heavy atom. The van der Waals surface area contributed by atoms with Gasteiger partial charge in [-0.1, -0.05) is 71.9 Å². The molecule has 3 aromatic carbocycles. The van der Waals surface area contributed by atoms with E-state index in [1.54, 1.807) is 10.9 Å². The molecule has 5 aromatic rings. The van der Waals surface area contributed by atoms with Gasteiger partial charge in [0.15, 0.2) is 11.2 Å². The molecule has 192 valence electrons. The van der Waals surface area contributed by atoms with Crippen molar-refractivity contribution in [3.05, 3.63) is 103 Å². The zero-order valence-electron chi connectivity index (χ0n) is 21.7. The highest BCUT2D eigenvalue weighted by molar-refractivity contribution is 5.75. The second-order valence-electron chi connectivity index (χ2n) is 10.1. The molecule has 0 radical (unpaired) electrons. The van der Waals surface area contributed by atoms with Gasteiger partial charge in [0.2, 0.25) is 5.95 Å². The number of carbonyl (C=O) groups is 1. The van der Waals surface area contributed by atoms with E-state index in [9.17, 15) is 4.79 Å². The van der Waals surface area contributed by atoms with Crippen LogP contribution in [0.2, 0.25) is 0 Å². The highest BCUT2D eigenvalue weighted by Gasteiger charge is 2.29. The minimum Gasteiger partial charge on any atom is -0.460 e. The van der Waals surface area contributed by atoms with E-state index in [2.05, 4.69) is 27.4 Å². The smallest absolute Gasteiger partial charge is 0.308 e. The van der Waals surface area contributed by atoms with Crippen LogP contribution in [0.25, 0.3) is 16.9 Å². The maximum atomic E-state index is 13.1. The Labute approximate surface area is 221 Å². The number of carbonyl (C=O) groups excluding carboxylic acids is 1. The normalized spacial score (nSPS) is 12.3. The Kier molecular flexibility index (Phi) is 7.13. The maximum absolute atomic E-state index is 13.1. The van der Waals surface area contributed by atoms with Gasteiger partial charge < -0.3 is 9.64 Å². The van der Waals surface area contributed by atoms with Crippen molar-refractivity contribution in [1.82, 2.24) is 25.0 Å². The van der Waals surface area contributed by atoms with Gasteiger partial charge in [0.25, 0.3) is 0 Å². The van der Waals surface area contributed by atoms with Gasteiger partial charge in [0, 0.05) is 5.69 Å². The number of nitrogens with zero attached hydrogens (tertiary/aromatic N) is 6. The van der Waals surface area contributed by atoms with E-state index in [1.807, 2.05) is 105 Å². The molecule has 2 aromatic heterocycles. The molecule has 0 aliphatic heterocycles. The standard InChI is InChI=1S/C30H30N6O2/c1-30(2,3)38-27(37)20-25(19-22-13-7-4-8-14-22)35(23-15-9-5-10-16-23)29-31-21-26-28(32-29)36(34-33-26)24-17-11-6-12-18-24/h4-18,21,25H,19-20H2,1-3H3/t25-/m1/s1. The number of anilines is 2. The Balaban J connectivity index is 1.61. The molecule has 2 heterocycles. The molecule has 38 heavy (non-hydrogen) atoms. The zero-order valence-corrected chi connectivity index (χ0v) is 21.7. The lowest BCUT2D eigenvalue weighted by atomic mass is 10.0. The molecule has 0 N–H and O–H groups in total. The summed E-state index contributed by atoms with van der Waals surface area (Å²) in [5, 5.41) is 8.58. The summed E-state index contributed by atoms with van der Waals surface area (Å²) >= 11 is 0. The Hall–Kier alpha value is -4.59. The third kappa shape index (κ3) is 5.86. The van der Waals surface area contributed by atoms with E-state index in [0.29, 0.717) is 23.5 Å². The minimum atomic E-state index is -0.588. The average Bonchev–Trinajstić information content (AvgIpc) is 3.33. The summed E-state index contributed by atoms with van der Waals surface area (Å²) in [6, 6.07) is 29.4.